The highest BCUT2D eigenvalue weighted by Gasteiger charge is 0.0000218. The van der Waals surface area contributed by atoms with E-state index in [-0.39, 0.29) is 29.1 Å². The van der Waals surface area contributed by atoms with Crippen LogP contribution in [0.25, 0.3) is 0 Å². The molecular formula is H11B2N2. The fourth-order valence-corrected chi connectivity index (χ4v) is 0. The molecule has 4 heavy (non-hydrogen) atoms. The Morgan fingerprint density at radius 2 is 1.00 bits per heavy atom. The molecule has 0 rings (SSSR count). The van der Waals surface area contributed by atoms with E-state index in [2.05, 4.69) is 0 Å². The van der Waals surface area contributed by atoms with E-state index in [1.807, 2.05) is 0 Å². The molecule has 0 atom stereocenters. The lowest BCUT2D eigenvalue weighted by Gasteiger charge is -0.369. The van der Waals surface area contributed by atoms with E-state index < -0.39 is 0 Å². The van der Waals surface area contributed by atoms with Gasteiger partial charge in [-0.3, -0.25) is 0 Å². The highest BCUT2D eigenvalue weighted by Crippen LogP contribution is -0.380. The van der Waals surface area contributed by atoms with Crippen molar-refractivity contribution in [2.75, 3.05) is 0 Å². The number of rotatable bonds is 0. The second-order valence-electron chi connectivity index (χ2n) is 0. The smallest absolute Gasteiger partial charge is 0 e. The molecule has 0 spiro atoms. The summed E-state index contributed by atoms with van der Waals surface area (Å²) in [4.78, 5) is 0. The van der Waals surface area contributed by atoms with Gasteiger partial charge in [0.15, 0.2) is 0 Å². The maximum absolute atomic E-state index is 0. The van der Waals surface area contributed by atoms with Crippen molar-refractivity contribution in [3.63, 3.8) is 0 Å². The molecule has 0 aromatic rings. The third kappa shape index (κ3) is 908. The van der Waals surface area contributed by atoms with Crippen molar-refractivity contribution >= 4 is 16.8 Å². The zero-order valence-corrected chi connectivity index (χ0v) is 2.28. The summed E-state index contributed by atoms with van der Waals surface area (Å²) in [5.74, 6) is 0. The Bertz CT molecular complexity index is 4.00. The van der Waals surface area contributed by atoms with Crippen LogP contribution in [0.3, 0.4) is 0 Å². The van der Waals surface area contributed by atoms with Crippen LogP contribution in [-0.4, -0.2) is 16.8 Å². The van der Waals surface area contributed by atoms with Crippen LogP contribution < -0.4 is 12.3 Å². The topological polar surface area (TPSA) is 71.5 Å². The van der Waals surface area contributed by atoms with Crippen molar-refractivity contribution in [2.24, 2.45) is 0 Å². The molecule has 0 saturated heterocycles. The molecule has 0 aliphatic heterocycles. The van der Waals surface area contributed by atoms with E-state index in [1.54, 1.807) is 0 Å². The Hall–Kier alpha value is 0.0499. The van der Waals surface area contributed by atoms with Gasteiger partial charge in [0.25, 0.3) is 0 Å². The molecule has 0 saturated carbocycles. The van der Waals surface area contributed by atoms with E-state index in [0.717, 1.165) is 0 Å². The number of quaternary nitrogens is 1. The van der Waals surface area contributed by atoms with Gasteiger partial charge in [-0.05, 0) is 0 Å². The van der Waals surface area contributed by atoms with Crippen molar-refractivity contribution in [3.05, 3.63) is 0 Å². The summed E-state index contributed by atoms with van der Waals surface area (Å²) < 4.78 is 0. The highest BCUT2D eigenvalue weighted by molar-refractivity contribution is 5.76. The second kappa shape index (κ2) is 5150. The fraction of sp³-hybridized carbons (Fsp3) is 0. The summed E-state index contributed by atoms with van der Waals surface area (Å²) in [6.45, 7) is 0. The molecule has 0 unspecified atom stereocenters. The van der Waals surface area contributed by atoms with Crippen LogP contribution in [0.1, 0.15) is 0 Å². The van der Waals surface area contributed by atoms with Gasteiger partial charge >= 0.3 is 0 Å². The zero-order chi connectivity index (χ0) is 0. The van der Waals surface area contributed by atoms with Crippen molar-refractivity contribution in [1.29, 1.82) is 0 Å². The third-order valence-electron chi connectivity index (χ3n) is 0. The predicted molar refractivity (Wildman–Crippen MR) is 28.1 cm³/mol. The largest absolute Gasteiger partial charge is 0.369 e. The molecule has 0 bridgehead atoms. The minimum Gasteiger partial charge on any atom is -0.369 e. The van der Waals surface area contributed by atoms with Gasteiger partial charge in [-0.25, -0.2) is 0 Å². The lowest BCUT2D eigenvalue weighted by atomic mass is 10.8. The normalized spacial score (nSPS) is 0. The van der Waals surface area contributed by atoms with Crippen LogP contribution in [0.15, 0.2) is 0 Å². The third-order valence-corrected chi connectivity index (χ3v) is 0. The first-order valence-electron chi connectivity index (χ1n) is 0. The first kappa shape index (κ1) is 15100. The van der Waals surface area contributed by atoms with E-state index in [4.69, 9.17) is 0 Å². The maximum atomic E-state index is 0. The van der Waals surface area contributed by atoms with E-state index in [1.165, 1.54) is 0 Å². The Labute approximate surface area is 30.3 Å². The van der Waals surface area contributed by atoms with Crippen molar-refractivity contribution in [1.82, 2.24) is 12.3 Å². The van der Waals surface area contributed by atoms with Crippen LogP contribution in [0.4, 0.5) is 0 Å². The minimum absolute atomic E-state index is 0. The van der Waals surface area contributed by atoms with Crippen LogP contribution in [0, 0.1) is 0 Å². The Morgan fingerprint density at radius 3 is 1.00 bits per heavy atom. The first-order chi connectivity index (χ1) is 0. The summed E-state index contributed by atoms with van der Waals surface area (Å²) in [5, 5.41) is 0. The molecule has 2 nitrogen and oxygen atoms in total. The van der Waals surface area contributed by atoms with Crippen LogP contribution in [-0.2, 0) is 0 Å². The highest BCUT2D eigenvalue weighted by atomic mass is 14.0. The number of hydrogen-bond donors (Lipinski definition) is 2. The molecule has 7 N–H and O–H groups in total. The summed E-state index contributed by atoms with van der Waals surface area (Å²) in [7, 11) is 0. The molecule has 0 fully saturated rings. The SMILES string of the molecule is N.[BH4-].[B].[NH4+]. The molecule has 3 radical (unpaired) electrons. The van der Waals surface area contributed by atoms with Gasteiger partial charge in [-0.15, -0.1) is 0 Å². The molecule has 0 aliphatic carbocycles. The molecule has 0 aromatic heterocycles. The monoisotopic (exact) mass is 61.1 g/mol. The van der Waals surface area contributed by atoms with E-state index >= 15 is 0 Å². The summed E-state index contributed by atoms with van der Waals surface area (Å²) in [5.41, 5.74) is 0. The van der Waals surface area contributed by atoms with Gasteiger partial charge in [0.1, 0.15) is 0 Å². The Balaban J connectivity index is 0. The molecule has 4 heteroatoms. The van der Waals surface area contributed by atoms with Crippen LogP contribution in [0.5, 0.6) is 0 Å². The van der Waals surface area contributed by atoms with Gasteiger partial charge in [-0.1, -0.05) is 8.41 Å². The predicted octanol–water partition coefficient (Wildman–Crippen LogP) is -1.29. The summed E-state index contributed by atoms with van der Waals surface area (Å²) >= 11 is 0. The first-order valence-corrected chi connectivity index (χ1v) is 0. The summed E-state index contributed by atoms with van der Waals surface area (Å²) in [6, 6.07) is 0. The van der Waals surface area contributed by atoms with Crippen molar-refractivity contribution in [3.8, 4) is 0 Å². The molecular weight excluding hydrogens is 49.6 g/mol. The fourth-order valence-electron chi connectivity index (χ4n) is 0. The quantitative estimate of drug-likeness (QED) is 0.336. The minimum atomic E-state index is 0. The maximum Gasteiger partial charge on any atom is 0 e. The van der Waals surface area contributed by atoms with Gasteiger partial charge < -0.3 is 12.3 Å². The van der Waals surface area contributed by atoms with Gasteiger partial charge in [-0.2, -0.15) is 0 Å². The van der Waals surface area contributed by atoms with Crippen LogP contribution in [0.2, 0.25) is 0 Å². The zero-order valence-electron chi connectivity index (χ0n) is 2.28. The lowest BCUT2D eigenvalue weighted by molar-refractivity contribution is 2.13. The molecule has 0 amide bonds. The molecule has 27 valence electrons. The van der Waals surface area contributed by atoms with Gasteiger partial charge in [0.2, 0.25) is 0 Å². The van der Waals surface area contributed by atoms with Crippen molar-refractivity contribution < 1.29 is 0 Å². The average molecular weight is 60.7 g/mol. The Kier molecular flexibility index (Phi) is 19500000. The number of hydrogen-bond acceptors (Lipinski definition) is 1. The van der Waals surface area contributed by atoms with Gasteiger partial charge in [0.05, 0.1) is 0 Å². The summed E-state index contributed by atoms with van der Waals surface area (Å²) in [6.07, 6.45) is 0. The molecule has 0 heterocycles. The average Bonchev–Trinajstić information content (AvgIpc) is 0. The molecule has 0 aromatic carbocycles. The van der Waals surface area contributed by atoms with Crippen LogP contribution >= 0.6 is 0 Å². The lowest BCUT2D eigenvalue weighted by Crippen LogP contribution is -0.482. The second-order valence-corrected chi connectivity index (χ2v) is 0. The Morgan fingerprint density at radius 1 is 1.00 bits per heavy atom. The van der Waals surface area contributed by atoms with E-state index in [9.17, 15) is 0 Å². The molecule has 0 aliphatic rings. The van der Waals surface area contributed by atoms with E-state index in [0.29, 0.717) is 0 Å². The van der Waals surface area contributed by atoms with Crippen molar-refractivity contribution in [2.45, 2.75) is 0 Å². The van der Waals surface area contributed by atoms with Gasteiger partial charge in [0, 0.05) is 8.41 Å². The standard InChI is InChI=1S/BH4.B.2H3N/h1H4;;2*1H3/q-1;;;/p+1.